The maximum Gasteiger partial charge on any atom is 0.207 e. The van der Waals surface area contributed by atoms with E-state index in [1.807, 2.05) is 16.7 Å². The second kappa shape index (κ2) is 5.28. The van der Waals surface area contributed by atoms with E-state index in [9.17, 15) is 4.79 Å². The molecular formula is C15H13ClN2O2. The van der Waals surface area contributed by atoms with Gasteiger partial charge in [-0.2, -0.15) is 5.26 Å². The van der Waals surface area contributed by atoms with Crippen LogP contribution in [0.15, 0.2) is 29.2 Å². The van der Waals surface area contributed by atoms with Gasteiger partial charge in [0, 0.05) is 35.7 Å². The normalized spacial score (nSPS) is 18.3. The quantitative estimate of drug-likeness (QED) is 0.853. The van der Waals surface area contributed by atoms with Gasteiger partial charge in [-0.1, -0.05) is 11.6 Å². The third-order valence-electron chi connectivity index (χ3n) is 3.64. The van der Waals surface area contributed by atoms with Gasteiger partial charge >= 0.3 is 0 Å². The van der Waals surface area contributed by atoms with Crippen molar-refractivity contribution < 1.29 is 4.74 Å². The van der Waals surface area contributed by atoms with Crippen molar-refractivity contribution >= 4 is 22.5 Å². The van der Waals surface area contributed by atoms with Crippen molar-refractivity contribution in [1.82, 2.24) is 4.57 Å². The van der Waals surface area contributed by atoms with Gasteiger partial charge in [0.25, 0.3) is 0 Å². The molecule has 1 saturated heterocycles. The van der Waals surface area contributed by atoms with E-state index in [0.29, 0.717) is 16.3 Å². The molecule has 5 heteroatoms. The summed E-state index contributed by atoms with van der Waals surface area (Å²) in [7, 11) is 0. The van der Waals surface area contributed by atoms with Crippen molar-refractivity contribution in [3.8, 4) is 6.07 Å². The molecule has 0 spiro atoms. The molecule has 2 aromatic rings. The van der Waals surface area contributed by atoms with Crippen LogP contribution in [0.25, 0.3) is 10.9 Å². The monoisotopic (exact) mass is 288 g/mol. The number of nitrogens with zero attached hydrogens (tertiary/aromatic N) is 2. The van der Waals surface area contributed by atoms with Crippen LogP contribution in [0.2, 0.25) is 5.02 Å². The highest BCUT2D eigenvalue weighted by Gasteiger charge is 2.18. The average Bonchev–Trinajstić information content (AvgIpc) is 2.95. The first-order chi connectivity index (χ1) is 9.69. The highest BCUT2D eigenvalue weighted by molar-refractivity contribution is 6.31. The van der Waals surface area contributed by atoms with Crippen molar-refractivity contribution in [2.24, 2.45) is 5.92 Å². The Balaban J connectivity index is 2.17. The van der Waals surface area contributed by atoms with E-state index in [0.717, 1.165) is 31.7 Å². The minimum atomic E-state index is -0.260. The smallest absolute Gasteiger partial charge is 0.207 e. The highest BCUT2D eigenvalue weighted by atomic mass is 35.5. The molecule has 0 unspecified atom stereocenters. The van der Waals surface area contributed by atoms with Gasteiger partial charge in [0.15, 0.2) is 0 Å². The lowest BCUT2D eigenvalue weighted by Gasteiger charge is -2.15. The van der Waals surface area contributed by atoms with Crippen molar-refractivity contribution in [2.45, 2.75) is 13.0 Å². The number of hydrogen-bond acceptors (Lipinski definition) is 3. The van der Waals surface area contributed by atoms with Gasteiger partial charge < -0.3 is 9.30 Å². The standard InChI is InChI=1S/C15H13ClN2O2/c16-12-1-2-14-13(5-12)15(19)11(6-17)8-18(14)7-10-3-4-20-9-10/h1-2,5,8,10H,3-4,7,9H2/t10-/m0/s1. The van der Waals surface area contributed by atoms with Gasteiger partial charge in [-0.15, -0.1) is 0 Å². The first-order valence-corrected chi connectivity index (χ1v) is 6.87. The van der Waals surface area contributed by atoms with E-state index in [1.54, 1.807) is 18.3 Å². The number of hydrogen-bond donors (Lipinski definition) is 0. The average molecular weight is 289 g/mol. The van der Waals surface area contributed by atoms with Gasteiger partial charge in [-0.25, -0.2) is 0 Å². The van der Waals surface area contributed by atoms with Crippen LogP contribution in [0.5, 0.6) is 0 Å². The minimum absolute atomic E-state index is 0.152. The van der Waals surface area contributed by atoms with E-state index in [4.69, 9.17) is 21.6 Å². The van der Waals surface area contributed by atoms with Crippen LogP contribution in [0.4, 0.5) is 0 Å². The molecule has 0 amide bonds. The Bertz CT molecular complexity index is 755. The number of nitriles is 1. The Morgan fingerprint density at radius 3 is 3.05 bits per heavy atom. The molecule has 1 aromatic carbocycles. The summed E-state index contributed by atoms with van der Waals surface area (Å²) in [4.78, 5) is 12.2. The molecule has 0 bridgehead atoms. The summed E-state index contributed by atoms with van der Waals surface area (Å²) in [5.74, 6) is 0.419. The predicted octanol–water partition coefficient (Wildman–Crippen LogP) is 2.56. The number of halogens is 1. The van der Waals surface area contributed by atoms with Crippen LogP contribution < -0.4 is 5.43 Å². The van der Waals surface area contributed by atoms with E-state index < -0.39 is 0 Å². The minimum Gasteiger partial charge on any atom is -0.381 e. The van der Waals surface area contributed by atoms with Gasteiger partial charge in [0.05, 0.1) is 12.1 Å². The molecule has 2 heterocycles. The van der Waals surface area contributed by atoms with Crippen molar-refractivity contribution in [3.05, 3.63) is 45.2 Å². The van der Waals surface area contributed by atoms with Crippen LogP contribution in [0.3, 0.4) is 0 Å². The molecule has 1 aliphatic rings. The first-order valence-electron chi connectivity index (χ1n) is 6.49. The van der Waals surface area contributed by atoms with Gasteiger partial charge in [-0.05, 0) is 24.6 Å². The maximum atomic E-state index is 12.2. The fraction of sp³-hybridized carbons (Fsp3) is 0.333. The van der Waals surface area contributed by atoms with Gasteiger partial charge in [0.1, 0.15) is 11.6 Å². The Morgan fingerprint density at radius 1 is 1.50 bits per heavy atom. The molecule has 0 radical (unpaired) electrons. The molecule has 0 N–H and O–H groups in total. The molecule has 3 rings (SSSR count). The summed E-state index contributed by atoms with van der Waals surface area (Å²) < 4.78 is 7.34. The molecular weight excluding hydrogens is 276 g/mol. The summed E-state index contributed by atoms with van der Waals surface area (Å²) in [6, 6.07) is 7.18. The molecule has 1 atom stereocenters. The fourth-order valence-corrected chi connectivity index (χ4v) is 2.78. The summed E-state index contributed by atoms with van der Waals surface area (Å²) in [5, 5.41) is 10.1. The lowest BCUT2D eigenvalue weighted by molar-refractivity contribution is 0.182. The van der Waals surface area contributed by atoms with Crippen molar-refractivity contribution in [3.63, 3.8) is 0 Å². The number of benzene rings is 1. The summed E-state index contributed by atoms with van der Waals surface area (Å²) in [6.07, 6.45) is 2.64. The SMILES string of the molecule is N#Cc1cn(C[C@@H]2CCOC2)c2ccc(Cl)cc2c1=O. The third-order valence-corrected chi connectivity index (χ3v) is 3.88. The lowest BCUT2D eigenvalue weighted by atomic mass is 10.1. The van der Waals surface area contributed by atoms with E-state index in [1.165, 1.54) is 0 Å². The number of aromatic nitrogens is 1. The molecule has 1 aliphatic heterocycles. The van der Waals surface area contributed by atoms with E-state index in [-0.39, 0.29) is 11.0 Å². The van der Waals surface area contributed by atoms with Crippen molar-refractivity contribution in [1.29, 1.82) is 5.26 Å². The summed E-state index contributed by atoms with van der Waals surface area (Å²) in [5.41, 5.74) is 0.702. The molecule has 102 valence electrons. The number of ether oxygens (including phenoxy) is 1. The number of rotatable bonds is 2. The third kappa shape index (κ3) is 2.31. The second-order valence-corrected chi connectivity index (χ2v) is 5.46. The topological polar surface area (TPSA) is 55.0 Å². The first kappa shape index (κ1) is 13.2. The van der Waals surface area contributed by atoms with E-state index in [2.05, 4.69) is 0 Å². The van der Waals surface area contributed by atoms with Crippen LogP contribution >= 0.6 is 11.6 Å². The summed E-state index contributed by atoms with van der Waals surface area (Å²) in [6.45, 7) is 2.25. The molecule has 1 fully saturated rings. The molecule has 4 nitrogen and oxygen atoms in total. The van der Waals surface area contributed by atoms with Gasteiger partial charge in [0.2, 0.25) is 5.43 Å². The zero-order chi connectivity index (χ0) is 14.1. The zero-order valence-corrected chi connectivity index (χ0v) is 11.6. The number of pyridine rings is 1. The van der Waals surface area contributed by atoms with E-state index >= 15 is 0 Å². The largest absolute Gasteiger partial charge is 0.381 e. The van der Waals surface area contributed by atoms with Crippen molar-refractivity contribution in [2.75, 3.05) is 13.2 Å². The second-order valence-electron chi connectivity index (χ2n) is 5.03. The van der Waals surface area contributed by atoms with Crippen LogP contribution in [-0.2, 0) is 11.3 Å². The lowest BCUT2D eigenvalue weighted by Crippen LogP contribution is -2.17. The fourth-order valence-electron chi connectivity index (χ4n) is 2.61. The predicted molar refractivity (Wildman–Crippen MR) is 76.9 cm³/mol. The maximum absolute atomic E-state index is 12.2. The summed E-state index contributed by atoms with van der Waals surface area (Å²) >= 11 is 5.96. The Labute approximate surface area is 121 Å². The highest BCUT2D eigenvalue weighted by Crippen LogP contribution is 2.21. The molecule has 0 aliphatic carbocycles. The van der Waals surface area contributed by atoms with Crippen LogP contribution in [0.1, 0.15) is 12.0 Å². The van der Waals surface area contributed by atoms with Gasteiger partial charge in [-0.3, -0.25) is 4.79 Å². The Morgan fingerprint density at radius 2 is 2.35 bits per heavy atom. The molecule has 20 heavy (non-hydrogen) atoms. The Kier molecular flexibility index (Phi) is 3.47. The zero-order valence-electron chi connectivity index (χ0n) is 10.8. The van der Waals surface area contributed by atoms with Crippen LogP contribution in [-0.4, -0.2) is 17.8 Å². The molecule has 0 saturated carbocycles. The Hall–Kier alpha value is -1.83. The molecule has 1 aromatic heterocycles. The number of fused-ring (bicyclic) bond motifs is 1. The van der Waals surface area contributed by atoms with Crippen LogP contribution in [0, 0.1) is 17.2 Å².